The Hall–Kier alpha value is -2.67. The van der Waals surface area contributed by atoms with Crippen molar-refractivity contribution in [1.82, 2.24) is 4.98 Å². The quantitative estimate of drug-likeness (QED) is 0.649. The largest absolute Gasteiger partial charge is 0.256 e. The second-order valence-corrected chi connectivity index (χ2v) is 4.58. The van der Waals surface area contributed by atoms with Gasteiger partial charge in [0.05, 0.1) is 5.69 Å². The van der Waals surface area contributed by atoms with Gasteiger partial charge in [-0.3, -0.25) is 4.98 Å². The van der Waals surface area contributed by atoms with Gasteiger partial charge in [-0.2, -0.15) is 0 Å². The molecule has 0 N–H and O–H groups in total. The van der Waals surface area contributed by atoms with Crippen molar-refractivity contribution in [2.75, 3.05) is 0 Å². The molecule has 20 heavy (non-hydrogen) atoms. The van der Waals surface area contributed by atoms with Crippen LogP contribution < -0.4 is 0 Å². The monoisotopic (exact) mass is 257 g/mol. The molecule has 3 rings (SSSR count). The van der Waals surface area contributed by atoms with E-state index in [2.05, 4.69) is 41.4 Å². The summed E-state index contributed by atoms with van der Waals surface area (Å²) in [5.74, 6) is 0. The van der Waals surface area contributed by atoms with E-state index in [1.807, 2.05) is 54.7 Å². The summed E-state index contributed by atoms with van der Waals surface area (Å²) < 4.78 is 0. The van der Waals surface area contributed by atoms with E-state index in [1.165, 1.54) is 11.1 Å². The molecule has 1 nitrogen and oxygen atoms in total. The molecule has 2 aromatic carbocycles. The summed E-state index contributed by atoms with van der Waals surface area (Å²) in [5, 5.41) is 0. The van der Waals surface area contributed by atoms with Gasteiger partial charge in [-0.1, -0.05) is 72.8 Å². The Kier molecular flexibility index (Phi) is 3.70. The highest BCUT2D eigenvalue weighted by Gasteiger charge is 1.96. The SMILES string of the molecule is C(=Cc1ccc(-c2ccccc2)cn1)c1ccccc1. The Morgan fingerprint density at radius 2 is 1.30 bits per heavy atom. The molecule has 1 heteroatoms. The van der Waals surface area contributed by atoms with Gasteiger partial charge in [-0.25, -0.2) is 0 Å². The number of pyridine rings is 1. The molecule has 0 aliphatic heterocycles. The van der Waals surface area contributed by atoms with E-state index >= 15 is 0 Å². The highest BCUT2D eigenvalue weighted by molar-refractivity contribution is 5.69. The molecular formula is C19H15N. The average Bonchev–Trinajstić information content (AvgIpc) is 2.55. The maximum Gasteiger partial charge on any atom is 0.0630 e. The van der Waals surface area contributed by atoms with Crippen molar-refractivity contribution >= 4 is 12.2 Å². The molecular weight excluding hydrogens is 242 g/mol. The van der Waals surface area contributed by atoms with Crippen molar-refractivity contribution < 1.29 is 0 Å². The van der Waals surface area contributed by atoms with Crippen molar-refractivity contribution in [2.45, 2.75) is 0 Å². The van der Waals surface area contributed by atoms with Crippen LogP contribution in [0.4, 0.5) is 0 Å². The second kappa shape index (κ2) is 5.98. The normalized spacial score (nSPS) is 10.8. The van der Waals surface area contributed by atoms with E-state index < -0.39 is 0 Å². The minimum Gasteiger partial charge on any atom is -0.256 e. The number of rotatable bonds is 3. The van der Waals surface area contributed by atoms with Crippen molar-refractivity contribution in [1.29, 1.82) is 0 Å². The Bertz CT molecular complexity index is 683. The lowest BCUT2D eigenvalue weighted by atomic mass is 10.1. The summed E-state index contributed by atoms with van der Waals surface area (Å²) in [6.07, 6.45) is 6.02. The highest BCUT2D eigenvalue weighted by atomic mass is 14.7. The number of nitrogens with zero attached hydrogens (tertiary/aromatic N) is 1. The molecule has 0 saturated carbocycles. The lowest BCUT2D eigenvalue weighted by molar-refractivity contribution is 1.30. The van der Waals surface area contributed by atoms with Crippen molar-refractivity contribution in [3.63, 3.8) is 0 Å². The number of hydrogen-bond acceptors (Lipinski definition) is 1. The fourth-order valence-corrected chi connectivity index (χ4v) is 2.05. The smallest absolute Gasteiger partial charge is 0.0630 e. The van der Waals surface area contributed by atoms with E-state index in [0.717, 1.165) is 11.3 Å². The molecule has 0 bridgehead atoms. The van der Waals surface area contributed by atoms with Crippen LogP contribution in [0.25, 0.3) is 23.3 Å². The molecule has 0 saturated heterocycles. The van der Waals surface area contributed by atoms with Crippen LogP contribution in [0.3, 0.4) is 0 Å². The molecule has 96 valence electrons. The van der Waals surface area contributed by atoms with Crippen molar-refractivity contribution in [2.24, 2.45) is 0 Å². The van der Waals surface area contributed by atoms with Crippen LogP contribution in [0, 0.1) is 0 Å². The fraction of sp³-hybridized carbons (Fsp3) is 0. The first-order valence-corrected chi connectivity index (χ1v) is 6.66. The number of benzene rings is 2. The second-order valence-electron chi connectivity index (χ2n) is 4.58. The Morgan fingerprint density at radius 3 is 1.95 bits per heavy atom. The maximum atomic E-state index is 4.48. The van der Waals surface area contributed by atoms with Crippen LogP contribution in [0.1, 0.15) is 11.3 Å². The predicted molar refractivity (Wildman–Crippen MR) is 85.0 cm³/mol. The van der Waals surface area contributed by atoms with E-state index in [4.69, 9.17) is 0 Å². The number of aromatic nitrogens is 1. The van der Waals surface area contributed by atoms with Gasteiger partial charge < -0.3 is 0 Å². The van der Waals surface area contributed by atoms with Crippen molar-refractivity contribution in [3.05, 3.63) is 90.3 Å². The van der Waals surface area contributed by atoms with Crippen LogP contribution in [-0.4, -0.2) is 4.98 Å². The first kappa shape index (κ1) is 12.4. The molecule has 0 fully saturated rings. The van der Waals surface area contributed by atoms with Gasteiger partial charge >= 0.3 is 0 Å². The minimum absolute atomic E-state index is 0.966. The number of hydrogen-bond donors (Lipinski definition) is 0. The van der Waals surface area contributed by atoms with Gasteiger partial charge in [0, 0.05) is 11.8 Å². The molecule has 0 radical (unpaired) electrons. The van der Waals surface area contributed by atoms with Gasteiger partial charge in [0.2, 0.25) is 0 Å². The summed E-state index contributed by atoms with van der Waals surface area (Å²) in [5.41, 5.74) is 4.48. The fourth-order valence-electron chi connectivity index (χ4n) is 2.05. The predicted octanol–water partition coefficient (Wildman–Crippen LogP) is 4.92. The topological polar surface area (TPSA) is 12.9 Å². The Labute approximate surface area is 119 Å². The summed E-state index contributed by atoms with van der Waals surface area (Å²) >= 11 is 0. The zero-order chi connectivity index (χ0) is 13.6. The highest BCUT2D eigenvalue weighted by Crippen LogP contribution is 2.18. The lowest BCUT2D eigenvalue weighted by Crippen LogP contribution is -1.82. The summed E-state index contributed by atoms with van der Waals surface area (Å²) in [7, 11) is 0. The molecule has 1 heterocycles. The van der Waals surface area contributed by atoms with E-state index in [0.29, 0.717) is 0 Å². The third-order valence-corrected chi connectivity index (χ3v) is 3.14. The molecule has 0 atom stereocenters. The molecule has 0 aliphatic carbocycles. The molecule has 0 aliphatic rings. The summed E-state index contributed by atoms with van der Waals surface area (Å²) in [4.78, 5) is 4.48. The first-order chi connectivity index (χ1) is 9.92. The van der Waals surface area contributed by atoms with Crippen LogP contribution in [-0.2, 0) is 0 Å². The lowest BCUT2D eigenvalue weighted by Gasteiger charge is -2.01. The minimum atomic E-state index is 0.966. The van der Waals surface area contributed by atoms with Gasteiger partial charge in [0.15, 0.2) is 0 Å². The summed E-state index contributed by atoms with van der Waals surface area (Å²) in [6, 6.07) is 24.7. The standard InChI is InChI=1S/C19H15N/c1-3-7-16(8-4-1)11-13-19-14-12-18(15-20-19)17-9-5-2-6-10-17/h1-15H. The van der Waals surface area contributed by atoms with E-state index in [1.54, 1.807) is 0 Å². The molecule has 3 aromatic rings. The van der Waals surface area contributed by atoms with Crippen LogP contribution >= 0.6 is 0 Å². The third kappa shape index (κ3) is 3.01. The van der Waals surface area contributed by atoms with Gasteiger partial charge in [-0.15, -0.1) is 0 Å². The molecule has 0 unspecified atom stereocenters. The first-order valence-electron chi connectivity index (χ1n) is 6.66. The molecule has 0 amide bonds. The van der Waals surface area contributed by atoms with Crippen LogP contribution in [0.15, 0.2) is 79.0 Å². The zero-order valence-electron chi connectivity index (χ0n) is 11.1. The van der Waals surface area contributed by atoms with Gasteiger partial charge in [-0.05, 0) is 23.3 Å². The molecule has 0 spiro atoms. The third-order valence-electron chi connectivity index (χ3n) is 3.14. The van der Waals surface area contributed by atoms with Crippen LogP contribution in [0.2, 0.25) is 0 Å². The Balaban J connectivity index is 1.79. The summed E-state index contributed by atoms with van der Waals surface area (Å²) in [6.45, 7) is 0. The van der Waals surface area contributed by atoms with E-state index in [-0.39, 0.29) is 0 Å². The van der Waals surface area contributed by atoms with Gasteiger partial charge in [0.1, 0.15) is 0 Å². The Morgan fingerprint density at radius 1 is 0.600 bits per heavy atom. The zero-order valence-corrected chi connectivity index (χ0v) is 11.1. The maximum absolute atomic E-state index is 4.48. The molecule has 1 aromatic heterocycles. The van der Waals surface area contributed by atoms with Crippen LogP contribution in [0.5, 0.6) is 0 Å². The average molecular weight is 257 g/mol. The van der Waals surface area contributed by atoms with E-state index in [9.17, 15) is 0 Å². The van der Waals surface area contributed by atoms with Crippen molar-refractivity contribution in [3.8, 4) is 11.1 Å². The van der Waals surface area contributed by atoms with Gasteiger partial charge in [0.25, 0.3) is 0 Å².